The minimum Gasteiger partial charge on any atom is -0.492 e. The van der Waals surface area contributed by atoms with Gasteiger partial charge in [-0.2, -0.15) is 0 Å². The van der Waals surface area contributed by atoms with Gasteiger partial charge >= 0.3 is 0 Å². The molecule has 0 aliphatic carbocycles. The zero-order valence-electron chi connectivity index (χ0n) is 15.0. The fourth-order valence-electron chi connectivity index (χ4n) is 2.13. The van der Waals surface area contributed by atoms with E-state index in [1.165, 1.54) is 10.6 Å². The molecule has 0 aliphatic rings. The highest BCUT2D eigenvalue weighted by Crippen LogP contribution is 2.11. The van der Waals surface area contributed by atoms with Crippen LogP contribution >= 0.6 is 35.3 Å². The molecule has 2 N–H and O–H groups in total. The summed E-state index contributed by atoms with van der Waals surface area (Å²) in [5.41, 5.74) is 2.37. The summed E-state index contributed by atoms with van der Waals surface area (Å²) in [5, 5.41) is 9.88. The summed E-state index contributed by atoms with van der Waals surface area (Å²) in [5.74, 6) is 1.68. The van der Waals surface area contributed by atoms with E-state index in [0.717, 1.165) is 36.8 Å². The third-order valence-corrected chi connectivity index (χ3v) is 4.53. The quantitative estimate of drug-likeness (QED) is 0.267. The second-order valence-electron chi connectivity index (χ2n) is 5.42. The summed E-state index contributed by atoms with van der Waals surface area (Å²) >= 11 is 1.73. The van der Waals surface area contributed by atoms with Gasteiger partial charge in [-0.15, -0.1) is 35.3 Å². The second kappa shape index (κ2) is 12.1. The first-order chi connectivity index (χ1) is 11.7. The average Bonchev–Trinajstić information content (AvgIpc) is 3.06. The van der Waals surface area contributed by atoms with Crippen molar-refractivity contribution >= 4 is 41.3 Å². The average molecular weight is 474 g/mol. The fraction of sp³-hybridized carbons (Fsp3) is 0.444. The van der Waals surface area contributed by atoms with Gasteiger partial charge in [-0.25, -0.2) is 4.98 Å². The predicted molar refractivity (Wildman–Crippen MR) is 117 cm³/mol. The Hall–Kier alpha value is -1.35. The highest BCUT2D eigenvalue weighted by Gasteiger charge is 2.02. The number of rotatable bonds is 8. The molecule has 1 aromatic heterocycles. The third-order valence-electron chi connectivity index (χ3n) is 3.48. The second-order valence-corrected chi connectivity index (χ2v) is 6.37. The van der Waals surface area contributed by atoms with Gasteiger partial charge in [0.15, 0.2) is 5.96 Å². The Morgan fingerprint density at radius 2 is 1.92 bits per heavy atom. The van der Waals surface area contributed by atoms with Crippen molar-refractivity contribution in [2.24, 2.45) is 4.99 Å². The topological polar surface area (TPSA) is 58.5 Å². The highest BCUT2D eigenvalue weighted by atomic mass is 127. The van der Waals surface area contributed by atoms with Crippen molar-refractivity contribution in [3.8, 4) is 5.75 Å². The van der Waals surface area contributed by atoms with Crippen LogP contribution in [0.1, 0.15) is 23.2 Å². The molecule has 0 aliphatic heterocycles. The minimum atomic E-state index is 0. The summed E-state index contributed by atoms with van der Waals surface area (Å²) in [4.78, 5) is 8.78. The van der Waals surface area contributed by atoms with E-state index in [0.29, 0.717) is 13.2 Å². The van der Waals surface area contributed by atoms with E-state index in [-0.39, 0.29) is 24.0 Å². The normalized spacial score (nSPS) is 10.9. The molecule has 0 saturated carbocycles. The molecular formula is C18H27IN4OS. The van der Waals surface area contributed by atoms with Gasteiger partial charge in [-0.3, -0.25) is 4.99 Å². The summed E-state index contributed by atoms with van der Waals surface area (Å²) < 4.78 is 5.69. The van der Waals surface area contributed by atoms with Gasteiger partial charge in [0.25, 0.3) is 0 Å². The van der Waals surface area contributed by atoms with Crippen LogP contribution in [-0.4, -0.2) is 37.7 Å². The van der Waals surface area contributed by atoms with Crippen LogP contribution in [0.5, 0.6) is 5.75 Å². The fourth-order valence-corrected chi connectivity index (χ4v) is 2.91. The van der Waals surface area contributed by atoms with E-state index in [1.54, 1.807) is 18.4 Å². The largest absolute Gasteiger partial charge is 0.492 e. The van der Waals surface area contributed by atoms with Crippen molar-refractivity contribution in [3.05, 3.63) is 45.9 Å². The van der Waals surface area contributed by atoms with Crippen LogP contribution in [0.15, 0.2) is 34.6 Å². The Morgan fingerprint density at radius 3 is 2.56 bits per heavy atom. The molecule has 5 nitrogen and oxygen atoms in total. The lowest BCUT2D eigenvalue weighted by molar-refractivity contribution is 0.322. The van der Waals surface area contributed by atoms with Crippen LogP contribution in [0, 0.1) is 6.92 Å². The highest BCUT2D eigenvalue weighted by molar-refractivity contribution is 14.0. The first-order valence-electron chi connectivity index (χ1n) is 8.28. The molecule has 7 heteroatoms. The summed E-state index contributed by atoms with van der Waals surface area (Å²) in [7, 11) is 1.77. The van der Waals surface area contributed by atoms with Crippen LogP contribution in [0.2, 0.25) is 0 Å². The van der Waals surface area contributed by atoms with E-state index in [2.05, 4.69) is 39.8 Å². The number of guanidine groups is 1. The third kappa shape index (κ3) is 8.04. The molecule has 0 saturated heterocycles. The molecule has 0 spiro atoms. The molecule has 2 aromatic rings. The van der Waals surface area contributed by atoms with Gasteiger partial charge in [-0.05, 0) is 25.5 Å². The number of thiazole rings is 1. The molecule has 2 rings (SSSR count). The molecule has 0 amide bonds. The van der Waals surface area contributed by atoms with Crippen LogP contribution in [-0.2, 0) is 12.8 Å². The first kappa shape index (κ1) is 21.7. The van der Waals surface area contributed by atoms with Gasteiger partial charge in [0.05, 0.1) is 17.2 Å². The van der Waals surface area contributed by atoms with Crippen LogP contribution in [0.3, 0.4) is 0 Å². The monoisotopic (exact) mass is 474 g/mol. The SMILES string of the molecule is CCc1nc(CCNC(=NC)NCCOc2ccc(C)cc2)cs1.I. The van der Waals surface area contributed by atoms with Crippen LogP contribution in [0.4, 0.5) is 0 Å². The smallest absolute Gasteiger partial charge is 0.191 e. The number of ether oxygens (including phenoxy) is 1. The standard InChI is InChI=1S/C18H26N4OS.HI/c1-4-17-22-15(13-24-17)9-10-20-18(19-3)21-11-12-23-16-7-5-14(2)6-8-16;/h5-8,13H,4,9-12H2,1-3H3,(H2,19,20,21);1H. The van der Waals surface area contributed by atoms with Crippen LogP contribution < -0.4 is 15.4 Å². The number of hydrogen-bond acceptors (Lipinski definition) is 4. The lowest BCUT2D eigenvalue weighted by Crippen LogP contribution is -2.40. The van der Waals surface area contributed by atoms with Crippen molar-refractivity contribution < 1.29 is 4.74 Å². The Morgan fingerprint density at radius 1 is 1.20 bits per heavy atom. The van der Waals surface area contributed by atoms with Crippen molar-refractivity contribution in [1.82, 2.24) is 15.6 Å². The zero-order chi connectivity index (χ0) is 17.2. The Labute approximate surface area is 171 Å². The molecule has 0 unspecified atom stereocenters. The molecular weight excluding hydrogens is 447 g/mol. The maximum absolute atomic E-state index is 5.69. The number of aryl methyl sites for hydroxylation is 2. The van der Waals surface area contributed by atoms with Gasteiger partial charge in [-0.1, -0.05) is 24.6 Å². The Bertz CT molecular complexity index is 643. The lowest BCUT2D eigenvalue weighted by atomic mass is 10.2. The molecule has 0 atom stereocenters. The number of hydrogen-bond donors (Lipinski definition) is 2. The van der Waals surface area contributed by atoms with E-state index in [1.807, 2.05) is 24.3 Å². The molecule has 0 radical (unpaired) electrons. The van der Waals surface area contributed by atoms with E-state index in [4.69, 9.17) is 4.74 Å². The maximum atomic E-state index is 5.69. The van der Waals surface area contributed by atoms with E-state index >= 15 is 0 Å². The predicted octanol–water partition coefficient (Wildman–Crippen LogP) is 3.42. The van der Waals surface area contributed by atoms with Crippen LogP contribution in [0.25, 0.3) is 0 Å². The number of nitrogens with one attached hydrogen (secondary N) is 2. The lowest BCUT2D eigenvalue weighted by Gasteiger charge is -2.12. The molecule has 1 heterocycles. The van der Waals surface area contributed by atoms with Crippen molar-refractivity contribution in [3.63, 3.8) is 0 Å². The summed E-state index contributed by atoms with van der Waals surface area (Å²) in [6.45, 7) is 6.30. The van der Waals surface area contributed by atoms with Gasteiger partial charge in [0, 0.05) is 25.4 Å². The molecule has 1 aromatic carbocycles. The Kier molecular flexibility index (Phi) is 10.5. The molecule has 25 heavy (non-hydrogen) atoms. The summed E-state index contributed by atoms with van der Waals surface area (Å²) in [6.07, 6.45) is 1.90. The van der Waals surface area contributed by atoms with E-state index in [9.17, 15) is 0 Å². The first-order valence-corrected chi connectivity index (χ1v) is 9.16. The number of aliphatic imine (C=N–C) groups is 1. The molecule has 0 bridgehead atoms. The van der Waals surface area contributed by atoms with Crippen molar-refractivity contribution in [1.29, 1.82) is 0 Å². The Balaban J connectivity index is 0.00000312. The van der Waals surface area contributed by atoms with Gasteiger partial charge < -0.3 is 15.4 Å². The minimum absolute atomic E-state index is 0. The molecule has 138 valence electrons. The number of aromatic nitrogens is 1. The summed E-state index contributed by atoms with van der Waals surface area (Å²) in [6, 6.07) is 8.07. The van der Waals surface area contributed by atoms with Gasteiger partial charge in [0.2, 0.25) is 0 Å². The van der Waals surface area contributed by atoms with Crippen molar-refractivity contribution in [2.45, 2.75) is 26.7 Å². The number of benzene rings is 1. The molecule has 0 fully saturated rings. The number of nitrogens with zero attached hydrogens (tertiary/aromatic N) is 2. The maximum Gasteiger partial charge on any atom is 0.191 e. The zero-order valence-corrected chi connectivity index (χ0v) is 18.2. The number of halogens is 1. The van der Waals surface area contributed by atoms with E-state index < -0.39 is 0 Å². The van der Waals surface area contributed by atoms with Gasteiger partial charge in [0.1, 0.15) is 12.4 Å². The van der Waals surface area contributed by atoms with Crippen molar-refractivity contribution in [2.75, 3.05) is 26.7 Å².